The molecule has 2 aromatic rings. The molecule has 0 radical (unpaired) electrons. The molecule has 7 nitrogen and oxygen atoms in total. The molecule has 1 saturated heterocycles. The van der Waals surface area contributed by atoms with E-state index in [0.29, 0.717) is 12.3 Å². The predicted octanol–water partition coefficient (Wildman–Crippen LogP) is 3.23. The Balaban J connectivity index is 1.57. The zero-order valence-electron chi connectivity index (χ0n) is 16.1. The lowest BCUT2D eigenvalue weighted by Gasteiger charge is -2.30. The Morgan fingerprint density at radius 2 is 1.96 bits per heavy atom. The molecule has 3 rings (SSSR count). The van der Waals surface area contributed by atoms with E-state index in [9.17, 15) is 9.59 Å². The molecule has 0 aliphatic carbocycles. The first-order valence-electron chi connectivity index (χ1n) is 9.65. The molecular weight excluding hydrogens is 358 g/mol. The molecule has 1 aliphatic rings. The number of likely N-dealkylation sites (tertiary alicyclic amines) is 1. The highest BCUT2D eigenvalue weighted by Crippen LogP contribution is 2.31. The zero-order valence-corrected chi connectivity index (χ0v) is 16.1. The van der Waals surface area contributed by atoms with Gasteiger partial charge in [0.2, 0.25) is 5.91 Å². The number of carbonyl (C=O) groups is 2. The number of urea groups is 1. The molecule has 0 saturated carbocycles. The smallest absolute Gasteiger partial charge is 0.315 e. The quantitative estimate of drug-likeness (QED) is 0.800. The number of benzene rings is 1. The molecule has 150 valence electrons. The van der Waals surface area contributed by atoms with E-state index >= 15 is 0 Å². The highest BCUT2D eigenvalue weighted by atomic mass is 16.5. The van der Waals surface area contributed by atoms with Crippen molar-refractivity contribution in [1.82, 2.24) is 15.5 Å². The maximum atomic E-state index is 12.8. The van der Waals surface area contributed by atoms with Gasteiger partial charge in [-0.05, 0) is 42.7 Å². The van der Waals surface area contributed by atoms with Gasteiger partial charge in [-0.25, -0.2) is 4.79 Å². The number of hydrogen-bond donors (Lipinski definition) is 2. The van der Waals surface area contributed by atoms with Crippen molar-refractivity contribution >= 4 is 11.9 Å². The van der Waals surface area contributed by atoms with E-state index in [1.807, 2.05) is 29.2 Å². The van der Waals surface area contributed by atoms with Crippen molar-refractivity contribution in [3.8, 4) is 5.75 Å². The van der Waals surface area contributed by atoms with E-state index in [-0.39, 0.29) is 31.1 Å². The predicted molar refractivity (Wildman–Crippen MR) is 105 cm³/mol. The van der Waals surface area contributed by atoms with Crippen LogP contribution in [0.5, 0.6) is 5.75 Å². The van der Waals surface area contributed by atoms with Gasteiger partial charge >= 0.3 is 6.03 Å². The van der Waals surface area contributed by atoms with Crippen LogP contribution in [0.2, 0.25) is 0 Å². The SMILES string of the molecule is COc1ccc(C2CCCCCN2C(=O)CNC(=O)NCc2ccco2)cc1. The summed E-state index contributed by atoms with van der Waals surface area (Å²) in [5.74, 6) is 1.38. The summed E-state index contributed by atoms with van der Waals surface area (Å²) in [6, 6.07) is 11.0. The second-order valence-corrected chi connectivity index (χ2v) is 6.84. The molecule has 1 aliphatic heterocycles. The van der Waals surface area contributed by atoms with Gasteiger partial charge in [-0.1, -0.05) is 25.0 Å². The Morgan fingerprint density at radius 1 is 1.14 bits per heavy atom. The maximum absolute atomic E-state index is 12.8. The van der Waals surface area contributed by atoms with Gasteiger partial charge in [0.15, 0.2) is 0 Å². The van der Waals surface area contributed by atoms with Gasteiger partial charge < -0.3 is 24.7 Å². The van der Waals surface area contributed by atoms with Crippen LogP contribution in [0.4, 0.5) is 4.79 Å². The maximum Gasteiger partial charge on any atom is 0.315 e. The number of furan rings is 1. The molecule has 1 aromatic heterocycles. The summed E-state index contributed by atoms with van der Waals surface area (Å²) < 4.78 is 10.4. The topological polar surface area (TPSA) is 83.8 Å². The zero-order chi connectivity index (χ0) is 19.8. The summed E-state index contributed by atoms with van der Waals surface area (Å²) in [5, 5.41) is 5.33. The third-order valence-electron chi connectivity index (χ3n) is 4.98. The van der Waals surface area contributed by atoms with Gasteiger partial charge in [0.25, 0.3) is 0 Å². The van der Waals surface area contributed by atoms with Crippen molar-refractivity contribution < 1.29 is 18.7 Å². The molecule has 3 amide bonds. The van der Waals surface area contributed by atoms with Crippen LogP contribution in [0.15, 0.2) is 47.1 Å². The van der Waals surface area contributed by atoms with Crippen LogP contribution in [0, 0.1) is 0 Å². The Kier molecular flexibility index (Phi) is 6.94. The standard InChI is InChI=1S/C21H27N3O4/c1-27-17-10-8-16(9-11-17)19-7-3-2-4-12-24(19)20(25)15-23-21(26)22-14-18-6-5-13-28-18/h5-6,8-11,13,19H,2-4,7,12,14-15H2,1H3,(H2,22,23,26). The first kappa shape index (κ1) is 19.8. The Bertz CT molecular complexity index is 758. The average molecular weight is 385 g/mol. The third kappa shape index (κ3) is 5.28. The number of rotatable bonds is 6. The molecule has 2 heterocycles. The summed E-state index contributed by atoms with van der Waals surface area (Å²) in [5.41, 5.74) is 1.10. The third-order valence-corrected chi connectivity index (χ3v) is 4.98. The first-order chi connectivity index (χ1) is 13.7. The molecule has 0 spiro atoms. The molecule has 1 unspecified atom stereocenters. The Hall–Kier alpha value is -2.96. The fourth-order valence-electron chi connectivity index (χ4n) is 3.48. The molecule has 0 bridgehead atoms. The Morgan fingerprint density at radius 3 is 2.68 bits per heavy atom. The number of carbonyl (C=O) groups excluding carboxylic acids is 2. The summed E-state index contributed by atoms with van der Waals surface area (Å²) in [4.78, 5) is 26.7. The van der Waals surface area contributed by atoms with Gasteiger partial charge in [0.05, 0.1) is 32.5 Å². The highest BCUT2D eigenvalue weighted by molar-refractivity contribution is 5.84. The van der Waals surface area contributed by atoms with Crippen LogP contribution in [-0.2, 0) is 11.3 Å². The second kappa shape index (κ2) is 9.82. The molecule has 1 aromatic carbocycles. The summed E-state index contributed by atoms with van der Waals surface area (Å²) in [7, 11) is 1.64. The number of nitrogens with zero attached hydrogens (tertiary/aromatic N) is 1. The Labute approximate surface area is 165 Å². The second-order valence-electron chi connectivity index (χ2n) is 6.84. The number of nitrogens with one attached hydrogen (secondary N) is 2. The fraction of sp³-hybridized carbons (Fsp3) is 0.429. The van der Waals surface area contributed by atoms with Gasteiger partial charge in [-0.2, -0.15) is 0 Å². The highest BCUT2D eigenvalue weighted by Gasteiger charge is 2.26. The lowest BCUT2D eigenvalue weighted by molar-refractivity contribution is -0.132. The molecule has 1 atom stereocenters. The van der Waals surface area contributed by atoms with Crippen molar-refractivity contribution in [2.75, 3.05) is 20.2 Å². The van der Waals surface area contributed by atoms with E-state index in [2.05, 4.69) is 10.6 Å². The lowest BCUT2D eigenvalue weighted by Crippen LogP contribution is -2.44. The van der Waals surface area contributed by atoms with E-state index in [1.54, 1.807) is 25.5 Å². The van der Waals surface area contributed by atoms with E-state index < -0.39 is 0 Å². The van der Waals surface area contributed by atoms with Gasteiger partial charge in [-0.15, -0.1) is 0 Å². The van der Waals surface area contributed by atoms with Crippen molar-refractivity contribution in [3.63, 3.8) is 0 Å². The molecule has 2 N–H and O–H groups in total. The van der Waals surface area contributed by atoms with Crippen molar-refractivity contribution in [1.29, 1.82) is 0 Å². The fourth-order valence-corrected chi connectivity index (χ4v) is 3.48. The average Bonchev–Trinajstić information content (AvgIpc) is 3.13. The molecule has 7 heteroatoms. The van der Waals surface area contributed by atoms with Crippen molar-refractivity contribution in [3.05, 3.63) is 54.0 Å². The summed E-state index contributed by atoms with van der Waals surface area (Å²) in [6.07, 6.45) is 5.63. The van der Waals surface area contributed by atoms with Gasteiger partial charge in [0.1, 0.15) is 11.5 Å². The minimum Gasteiger partial charge on any atom is -0.497 e. The minimum absolute atomic E-state index is 0.0221. The van der Waals surface area contributed by atoms with Crippen LogP contribution in [0.3, 0.4) is 0 Å². The van der Waals surface area contributed by atoms with Crippen LogP contribution in [0.1, 0.15) is 43.0 Å². The number of methoxy groups -OCH3 is 1. The van der Waals surface area contributed by atoms with Crippen LogP contribution in [0.25, 0.3) is 0 Å². The van der Waals surface area contributed by atoms with E-state index in [0.717, 1.165) is 37.0 Å². The number of ether oxygens (including phenoxy) is 1. The summed E-state index contributed by atoms with van der Waals surface area (Å²) in [6.45, 7) is 0.951. The molecule has 1 fully saturated rings. The van der Waals surface area contributed by atoms with E-state index in [4.69, 9.17) is 9.15 Å². The molecule has 28 heavy (non-hydrogen) atoms. The normalized spacial score (nSPS) is 16.9. The van der Waals surface area contributed by atoms with Crippen LogP contribution in [-0.4, -0.2) is 37.0 Å². The van der Waals surface area contributed by atoms with Crippen molar-refractivity contribution in [2.24, 2.45) is 0 Å². The largest absolute Gasteiger partial charge is 0.497 e. The van der Waals surface area contributed by atoms with Crippen LogP contribution < -0.4 is 15.4 Å². The number of hydrogen-bond acceptors (Lipinski definition) is 4. The van der Waals surface area contributed by atoms with Gasteiger partial charge in [-0.3, -0.25) is 4.79 Å². The van der Waals surface area contributed by atoms with Crippen molar-refractivity contribution in [2.45, 2.75) is 38.3 Å². The van der Waals surface area contributed by atoms with Crippen LogP contribution >= 0.6 is 0 Å². The monoisotopic (exact) mass is 385 g/mol. The van der Waals surface area contributed by atoms with Gasteiger partial charge in [0, 0.05) is 6.54 Å². The molecular formula is C21H27N3O4. The minimum atomic E-state index is -0.388. The van der Waals surface area contributed by atoms with E-state index in [1.165, 1.54) is 0 Å². The first-order valence-corrected chi connectivity index (χ1v) is 9.65. The lowest BCUT2D eigenvalue weighted by atomic mass is 10.0. The summed E-state index contributed by atoms with van der Waals surface area (Å²) >= 11 is 0. The number of amides is 3.